The van der Waals surface area contributed by atoms with E-state index in [-0.39, 0.29) is 5.54 Å². The van der Waals surface area contributed by atoms with Crippen LogP contribution in [0.5, 0.6) is 0 Å². The van der Waals surface area contributed by atoms with Gasteiger partial charge < -0.3 is 10.5 Å². The summed E-state index contributed by atoms with van der Waals surface area (Å²) < 4.78 is 5.02. The largest absolute Gasteiger partial charge is 0.385 e. The fourth-order valence-electron chi connectivity index (χ4n) is 1.96. The summed E-state index contributed by atoms with van der Waals surface area (Å²) in [5.41, 5.74) is 6.25. The van der Waals surface area contributed by atoms with Crippen molar-refractivity contribution < 1.29 is 4.74 Å². The van der Waals surface area contributed by atoms with Crippen LogP contribution in [-0.4, -0.2) is 19.3 Å². The van der Waals surface area contributed by atoms with Gasteiger partial charge in [0.25, 0.3) is 0 Å². The van der Waals surface area contributed by atoms with E-state index < -0.39 is 0 Å². The van der Waals surface area contributed by atoms with Crippen molar-refractivity contribution in [2.75, 3.05) is 13.7 Å². The lowest BCUT2D eigenvalue weighted by atomic mass is 9.94. The van der Waals surface area contributed by atoms with Crippen molar-refractivity contribution in [3.63, 3.8) is 0 Å². The van der Waals surface area contributed by atoms with E-state index in [1.165, 1.54) is 19.3 Å². The highest BCUT2D eigenvalue weighted by atomic mass is 16.5. The van der Waals surface area contributed by atoms with Gasteiger partial charge in [-0.25, -0.2) is 0 Å². The average molecular weight is 157 g/mol. The van der Waals surface area contributed by atoms with Gasteiger partial charge in [-0.1, -0.05) is 6.92 Å². The van der Waals surface area contributed by atoms with Crippen LogP contribution < -0.4 is 5.73 Å². The number of hydrogen-bond donors (Lipinski definition) is 1. The lowest BCUT2D eigenvalue weighted by Crippen LogP contribution is -2.37. The Morgan fingerprint density at radius 3 is 2.82 bits per heavy atom. The number of rotatable bonds is 3. The molecule has 0 radical (unpaired) electrons. The quantitative estimate of drug-likeness (QED) is 0.674. The van der Waals surface area contributed by atoms with Crippen molar-refractivity contribution in [2.45, 2.75) is 38.1 Å². The van der Waals surface area contributed by atoms with Gasteiger partial charge in [0.1, 0.15) is 0 Å². The first-order valence-corrected chi connectivity index (χ1v) is 4.44. The van der Waals surface area contributed by atoms with Gasteiger partial charge in [0.15, 0.2) is 0 Å². The molecule has 1 rings (SSSR count). The third kappa shape index (κ3) is 2.46. The second-order valence-corrected chi connectivity index (χ2v) is 3.95. The number of hydrogen-bond acceptors (Lipinski definition) is 2. The third-order valence-corrected chi connectivity index (χ3v) is 2.69. The van der Waals surface area contributed by atoms with Crippen LogP contribution in [0.4, 0.5) is 0 Å². The maximum Gasteiger partial charge on any atom is 0.0479 e. The van der Waals surface area contributed by atoms with Gasteiger partial charge in [0.05, 0.1) is 0 Å². The minimum atomic E-state index is 0.0927. The van der Waals surface area contributed by atoms with Crippen LogP contribution in [0.25, 0.3) is 0 Å². The van der Waals surface area contributed by atoms with Crippen LogP contribution in [0.15, 0.2) is 0 Å². The Labute approximate surface area is 69.1 Å². The Morgan fingerprint density at radius 1 is 1.64 bits per heavy atom. The minimum absolute atomic E-state index is 0.0927. The fraction of sp³-hybridized carbons (Fsp3) is 1.00. The first kappa shape index (κ1) is 9.01. The summed E-state index contributed by atoms with van der Waals surface area (Å²) in [5, 5.41) is 0. The zero-order valence-corrected chi connectivity index (χ0v) is 7.60. The van der Waals surface area contributed by atoms with E-state index in [9.17, 15) is 0 Å². The molecule has 0 bridgehead atoms. The Morgan fingerprint density at radius 2 is 2.36 bits per heavy atom. The van der Waals surface area contributed by atoms with E-state index in [1.54, 1.807) is 7.11 Å². The average Bonchev–Trinajstić information content (AvgIpc) is 2.28. The van der Waals surface area contributed by atoms with Gasteiger partial charge in [-0.2, -0.15) is 0 Å². The van der Waals surface area contributed by atoms with Gasteiger partial charge in [0, 0.05) is 19.3 Å². The van der Waals surface area contributed by atoms with Crippen LogP contribution in [-0.2, 0) is 4.74 Å². The van der Waals surface area contributed by atoms with Crippen molar-refractivity contribution in [3.05, 3.63) is 0 Å². The maximum absolute atomic E-state index is 6.16. The molecule has 2 heteroatoms. The van der Waals surface area contributed by atoms with Gasteiger partial charge in [-0.05, 0) is 31.6 Å². The Bertz CT molecular complexity index is 127. The standard InChI is InChI=1S/C9H19NO/c1-8-3-4-9(10,7-8)5-6-11-2/h8H,3-7,10H2,1-2H3. The lowest BCUT2D eigenvalue weighted by Gasteiger charge is -2.23. The van der Waals surface area contributed by atoms with E-state index in [2.05, 4.69) is 6.92 Å². The van der Waals surface area contributed by atoms with Gasteiger partial charge in [0.2, 0.25) is 0 Å². The second kappa shape index (κ2) is 3.55. The van der Waals surface area contributed by atoms with Gasteiger partial charge in [-0.15, -0.1) is 0 Å². The molecule has 0 aliphatic heterocycles. The predicted molar refractivity (Wildman–Crippen MR) is 46.4 cm³/mol. The van der Waals surface area contributed by atoms with Gasteiger partial charge >= 0.3 is 0 Å². The molecule has 0 amide bonds. The summed E-state index contributed by atoms with van der Waals surface area (Å²) in [4.78, 5) is 0. The molecule has 0 aromatic carbocycles. The molecule has 2 unspecified atom stereocenters. The van der Waals surface area contributed by atoms with E-state index in [0.717, 1.165) is 18.9 Å². The van der Waals surface area contributed by atoms with E-state index in [0.29, 0.717) is 0 Å². The molecule has 66 valence electrons. The number of ether oxygens (including phenoxy) is 1. The highest BCUT2D eigenvalue weighted by molar-refractivity contribution is 4.91. The Hall–Kier alpha value is -0.0800. The molecule has 1 aliphatic rings. The molecule has 1 fully saturated rings. The molecule has 0 aromatic heterocycles. The fourth-order valence-corrected chi connectivity index (χ4v) is 1.96. The Kier molecular flexibility index (Phi) is 2.90. The molecule has 2 nitrogen and oxygen atoms in total. The van der Waals surface area contributed by atoms with Crippen molar-refractivity contribution in [3.8, 4) is 0 Å². The molecule has 11 heavy (non-hydrogen) atoms. The minimum Gasteiger partial charge on any atom is -0.385 e. The topological polar surface area (TPSA) is 35.2 Å². The monoisotopic (exact) mass is 157 g/mol. The molecule has 1 saturated carbocycles. The van der Waals surface area contributed by atoms with E-state index in [1.807, 2.05) is 0 Å². The summed E-state index contributed by atoms with van der Waals surface area (Å²) in [6, 6.07) is 0. The van der Waals surface area contributed by atoms with Crippen molar-refractivity contribution in [1.82, 2.24) is 0 Å². The number of methoxy groups -OCH3 is 1. The summed E-state index contributed by atoms with van der Waals surface area (Å²) in [7, 11) is 1.74. The molecular formula is C9H19NO. The summed E-state index contributed by atoms with van der Waals surface area (Å²) in [6.07, 6.45) is 4.67. The van der Waals surface area contributed by atoms with E-state index in [4.69, 9.17) is 10.5 Å². The normalized spacial score (nSPS) is 37.9. The Balaban J connectivity index is 2.29. The molecule has 0 spiro atoms. The zero-order valence-electron chi connectivity index (χ0n) is 7.60. The molecule has 0 heterocycles. The van der Waals surface area contributed by atoms with Crippen molar-refractivity contribution in [2.24, 2.45) is 11.7 Å². The molecular weight excluding hydrogens is 138 g/mol. The number of nitrogens with two attached hydrogens (primary N) is 1. The first-order valence-electron chi connectivity index (χ1n) is 4.44. The van der Waals surface area contributed by atoms with Crippen LogP contribution in [0.2, 0.25) is 0 Å². The lowest BCUT2D eigenvalue weighted by molar-refractivity contribution is 0.167. The molecule has 1 aliphatic carbocycles. The summed E-state index contributed by atoms with van der Waals surface area (Å²) in [5.74, 6) is 0.817. The van der Waals surface area contributed by atoms with Gasteiger partial charge in [-0.3, -0.25) is 0 Å². The second-order valence-electron chi connectivity index (χ2n) is 3.95. The molecule has 2 atom stereocenters. The summed E-state index contributed by atoms with van der Waals surface area (Å²) in [6.45, 7) is 3.09. The SMILES string of the molecule is COCCC1(N)CCC(C)C1. The maximum atomic E-state index is 6.16. The van der Waals surface area contributed by atoms with E-state index >= 15 is 0 Å². The van der Waals surface area contributed by atoms with Crippen LogP contribution >= 0.6 is 0 Å². The summed E-state index contributed by atoms with van der Waals surface area (Å²) >= 11 is 0. The molecule has 0 aromatic rings. The predicted octanol–water partition coefficient (Wildman–Crippen LogP) is 1.54. The van der Waals surface area contributed by atoms with Crippen LogP contribution in [0, 0.1) is 5.92 Å². The zero-order chi connectivity index (χ0) is 8.32. The van der Waals surface area contributed by atoms with Crippen molar-refractivity contribution in [1.29, 1.82) is 0 Å². The highest BCUT2D eigenvalue weighted by Gasteiger charge is 2.32. The third-order valence-electron chi connectivity index (χ3n) is 2.69. The first-order chi connectivity index (χ1) is 5.16. The van der Waals surface area contributed by atoms with Crippen LogP contribution in [0.1, 0.15) is 32.6 Å². The van der Waals surface area contributed by atoms with Crippen molar-refractivity contribution >= 4 is 0 Å². The smallest absolute Gasteiger partial charge is 0.0479 e. The highest BCUT2D eigenvalue weighted by Crippen LogP contribution is 2.34. The molecule has 0 saturated heterocycles. The van der Waals surface area contributed by atoms with Crippen LogP contribution in [0.3, 0.4) is 0 Å². The molecule has 2 N–H and O–H groups in total.